The number of fused-ring (bicyclic) bond motifs is 4. The maximum absolute atomic E-state index is 12.3. The Morgan fingerprint density at radius 1 is 1.28 bits per heavy atom. The summed E-state index contributed by atoms with van der Waals surface area (Å²) in [6.07, 6.45) is 3.85. The topological polar surface area (TPSA) is 25.2 Å². The third kappa shape index (κ3) is 1.68. The zero-order valence-corrected chi connectivity index (χ0v) is 11.5. The van der Waals surface area contributed by atoms with E-state index in [0.29, 0.717) is 11.8 Å². The second-order valence-corrected chi connectivity index (χ2v) is 6.14. The zero-order valence-electron chi connectivity index (χ0n) is 11.5. The molecule has 0 radical (unpaired) electrons. The van der Waals surface area contributed by atoms with Crippen LogP contribution >= 0.6 is 0 Å². The number of pyridine rings is 1. The number of nitrogens with zero attached hydrogens (tertiary/aromatic N) is 2. The van der Waals surface area contributed by atoms with Crippen LogP contribution in [0.3, 0.4) is 0 Å². The van der Waals surface area contributed by atoms with Gasteiger partial charge in [-0.05, 0) is 30.7 Å². The van der Waals surface area contributed by atoms with Gasteiger partial charge in [-0.2, -0.15) is 0 Å². The van der Waals surface area contributed by atoms with Crippen LogP contribution in [0.4, 0.5) is 5.69 Å². The molecule has 2 unspecified atom stereocenters. The standard InChI is InChI=1S/C15H22N2O/c1-10-11-5-4-6-13(10)14-7-12(16(2)3)8-15(18)17(14)9-11/h7-8,10-11,13H,4-6,9H2,1-3H3/t10?,11?,13-/m0/s1. The van der Waals surface area contributed by atoms with Crippen LogP contribution in [0.5, 0.6) is 0 Å². The largest absolute Gasteiger partial charge is 0.377 e. The Bertz CT molecular complexity index is 518. The van der Waals surface area contributed by atoms with Crippen molar-refractivity contribution in [3.8, 4) is 0 Å². The Labute approximate surface area is 108 Å². The molecular formula is C15H22N2O. The van der Waals surface area contributed by atoms with Crippen molar-refractivity contribution in [2.45, 2.75) is 38.6 Å². The molecule has 2 aliphatic rings. The predicted octanol–water partition coefficient (Wildman–Crippen LogP) is 2.45. The number of hydrogen-bond donors (Lipinski definition) is 0. The third-order valence-electron chi connectivity index (χ3n) is 4.93. The molecular weight excluding hydrogens is 224 g/mol. The van der Waals surface area contributed by atoms with Gasteiger partial charge in [-0.15, -0.1) is 0 Å². The summed E-state index contributed by atoms with van der Waals surface area (Å²) in [5, 5.41) is 0. The minimum atomic E-state index is 0.181. The molecule has 1 saturated carbocycles. The normalized spacial score (nSPS) is 29.8. The highest BCUT2D eigenvalue weighted by molar-refractivity contribution is 5.46. The molecule has 2 bridgehead atoms. The molecule has 1 aliphatic carbocycles. The average molecular weight is 246 g/mol. The van der Waals surface area contributed by atoms with Gasteiger partial charge < -0.3 is 9.47 Å². The highest BCUT2D eigenvalue weighted by Crippen LogP contribution is 2.45. The van der Waals surface area contributed by atoms with E-state index in [2.05, 4.69) is 13.0 Å². The molecule has 1 aromatic rings. The van der Waals surface area contributed by atoms with Gasteiger partial charge in [-0.1, -0.05) is 13.3 Å². The average Bonchev–Trinajstić information content (AvgIpc) is 2.30. The molecule has 18 heavy (non-hydrogen) atoms. The molecule has 98 valence electrons. The molecule has 3 atom stereocenters. The molecule has 1 fully saturated rings. The van der Waals surface area contributed by atoms with Gasteiger partial charge in [-0.3, -0.25) is 4.79 Å². The number of anilines is 1. The van der Waals surface area contributed by atoms with Crippen molar-refractivity contribution >= 4 is 5.69 Å². The molecule has 1 aromatic heterocycles. The fraction of sp³-hybridized carbons (Fsp3) is 0.667. The molecule has 0 spiro atoms. The van der Waals surface area contributed by atoms with Crippen molar-refractivity contribution in [1.29, 1.82) is 0 Å². The lowest BCUT2D eigenvalue weighted by molar-refractivity contribution is 0.157. The quantitative estimate of drug-likeness (QED) is 0.760. The molecule has 3 nitrogen and oxygen atoms in total. The molecule has 2 heterocycles. The Kier molecular flexibility index (Phi) is 2.72. The van der Waals surface area contributed by atoms with E-state index in [0.717, 1.165) is 18.2 Å². The van der Waals surface area contributed by atoms with Gasteiger partial charge in [0.25, 0.3) is 5.56 Å². The summed E-state index contributed by atoms with van der Waals surface area (Å²) in [7, 11) is 4.00. The van der Waals surface area contributed by atoms with Crippen LogP contribution in [0.2, 0.25) is 0 Å². The molecule has 0 aromatic carbocycles. The van der Waals surface area contributed by atoms with E-state index in [1.165, 1.54) is 25.0 Å². The van der Waals surface area contributed by atoms with Gasteiger partial charge in [0.05, 0.1) is 0 Å². The molecule has 3 heteroatoms. The van der Waals surface area contributed by atoms with Crippen molar-refractivity contribution in [2.24, 2.45) is 11.8 Å². The van der Waals surface area contributed by atoms with E-state index < -0.39 is 0 Å². The zero-order chi connectivity index (χ0) is 12.9. The summed E-state index contributed by atoms with van der Waals surface area (Å²) >= 11 is 0. The van der Waals surface area contributed by atoms with Crippen molar-refractivity contribution in [3.63, 3.8) is 0 Å². The van der Waals surface area contributed by atoms with Crippen LogP contribution in [0, 0.1) is 11.8 Å². The van der Waals surface area contributed by atoms with Gasteiger partial charge in [0.2, 0.25) is 0 Å². The Morgan fingerprint density at radius 3 is 2.78 bits per heavy atom. The van der Waals surface area contributed by atoms with E-state index in [9.17, 15) is 4.79 Å². The molecule has 0 saturated heterocycles. The van der Waals surface area contributed by atoms with Crippen molar-refractivity contribution < 1.29 is 0 Å². The van der Waals surface area contributed by atoms with Crippen LogP contribution in [-0.2, 0) is 6.54 Å². The first-order valence-corrected chi connectivity index (χ1v) is 7.00. The maximum Gasteiger partial charge on any atom is 0.252 e. The first-order valence-electron chi connectivity index (χ1n) is 7.00. The summed E-state index contributed by atoms with van der Waals surface area (Å²) < 4.78 is 2.03. The Hall–Kier alpha value is -1.25. The first kappa shape index (κ1) is 11.8. The maximum atomic E-state index is 12.3. The summed E-state index contributed by atoms with van der Waals surface area (Å²) in [5.74, 6) is 2.03. The Morgan fingerprint density at radius 2 is 2.06 bits per heavy atom. The third-order valence-corrected chi connectivity index (χ3v) is 4.93. The van der Waals surface area contributed by atoms with E-state index >= 15 is 0 Å². The van der Waals surface area contributed by atoms with Gasteiger partial charge >= 0.3 is 0 Å². The summed E-state index contributed by atoms with van der Waals surface area (Å²) in [6, 6.07) is 4.00. The van der Waals surface area contributed by atoms with Gasteiger partial charge in [-0.25, -0.2) is 0 Å². The summed E-state index contributed by atoms with van der Waals surface area (Å²) in [6.45, 7) is 3.30. The second kappa shape index (κ2) is 4.15. The van der Waals surface area contributed by atoms with E-state index in [1.54, 1.807) is 6.07 Å². The van der Waals surface area contributed by atoms with E-state index in [-0.39, 0.29) is 5.56 Å². The van der Waals surface area contributed by atoms with Gasteiger partial charge in [0.15, 0.2) is 0 Å². The lowest BCUT2D eigenvalue weighted by Gasteiger charge is -2.42. The first-order chi connectivity index (χ1) is 8.58. The molecule has 0 N–H and O–H groups in total. The summed E-state index contributed by atoms with van der Waals surface area (Å²) in [5.41, 5.74) is 2.50. The Balaban J connectivity index is 2.14. The molecule has 1 aliphatic heterocycles. The lowest BCUT2D eigenvalue weighted by atomic mass is 9.69. The lowest BCUT2D eigenvalue weighted by Crippen LogP contribution is -2.40. The minimum absolute atomic E-state index is 0.181. The fourth-order valence-corrected chi connectivity index (χ4v) is 3.73. The predicted molar refractivity (Wildman–Crippen MR) is 74.3 cm³/mol. The van der Waals surface area contributed by atoms with Crippen molar-refractivity contribution in [3.05, 3.63) is 28.2 Å². The van der Waals surface area contributed by atoms with Crippen LogP contribution in [0.15, 0.2) is 16.9 Å². The van der Waals surface area contributed by atoms with Gasteiger partial charge in [0, 0.05) is 44.0 Å². The highest BCUT2D eigenvalue weighted by atomic mass is 16.1. The van der Waals surface area contributed by atoms with Crippen LogP contribution in [0.25, 0.3) is 0 Å². The highest BCUT2D eigenvalue weighted by Gasteiger charge is 2.37. The van der Waals surface area contributed by atoms with Crippen molar-refractivity contribution in [1.82, 2.24) is 4.57 Å². The summed E-state index contributed by atoms with van der Waals surface area (Å²) in [4.78, 5) is 14.3. The number of hydrogen-bond acceptors (Lipinski definition) is 2. The van der Waals surface area contributed by atoms with Crippen molar-refractivity contribution in [2.75, 3.05) is 19.0 Å². The van der Waals surface area contributed by atoms with E-state index in [4.69, 9.17) is 0 Å². The second-order valence-electron chi connectivity index (χ2n) is 6.14. The van der Waals surface area contributed by atoms with Crippen LogP contribution < -0.4 is 10.5 Å². The molecule has 3 rings (SSSR count). The minimum Gasteiger partial charge on any atom is -0.377 e. The number of rotatable bonds is 1. The van der Waals surface area contributed by atoms with Gasteiger partial charge in [0.1, 0.15) is 0 Å². The fourth-order valence-electron chi connectivity index (χ4n) is 3.73. The monoisotopic (exact) mass is 246 g/mol. The number of aromatic nitrogens is 1. The SMILES string of the molecule is CC1C2CCC[C@@H]1c1cc(N(C)C)cc(=O)n1C2. The molecule has 0 amide bonds. The van der Waals surface area contributed by atoms with E-state index in [1.807, 2.05) is 23.6 Å². The van der Waals surface area contributed by atoms with Crippen LogP contribution in [0.1, 0.15) is 37.8 Å². The smallest absolute Gasteiger partial charge is 0.252 e. The van der Waals surface area contributed by atoms with Crippen LogP contribution in [-0.4, -0.2) is 18.7 Å².